The molecule has 1 fully saturated rings. The molecule has 144 valence electrons. The maximum atomic E-state index is 13.2. The third-order valence-corrected chi connectivity index (χ3v) is 5.85. The number of carbonyl (C=O) groups is 2. The number of unbranched alkanes of at least 4 members (excludes halogenated alkanes) is 1. The fourth-order valence-electron chi connectivity index (χ4n) is 2.98. The fourth-order valence-corrected chi connectivity index (χ4v) is 4.26. The minimum absolute atomic E-state index is 0.0174. The number of nitrogens with zero attached hydrogens (tertiary/aromatic N) is 2. The van der Waals surface area contributed by atoms with E-state index in [1.54, 1.807) is 30.8 Å². The van der Waals surface area contributed by atoms with E-state index in [1.807, 2.05) is 9.80 Å². The van der Waals surface area contributed by atoms with Crippen LogP contribution in [0.3, 0.4) is 0 Å². The van der Waals surface area contributed by atoms with Crippen LogP contribution in [0.2, 0.25) is 0 Å². The molecule has 2 atom stereocenters. The zero-order valence-electron chi connectivity index (χ0n) is 15.6. The number of hydrogen-bond donors (Lipinski definition) is 0. The van der Waals surface area contributed by atoms with Crippen LogP contribution in [-0.4, -0.2) is 60.2 Å². The van der Waals surface area contributed by atoms with Gasteiger partial charge in [0.25, 0.3) is 0 Å². The van der Waals surface area contributed by atoms with Crippen molar-refractivity contribution >= 4 is 23.6 Å². The molecule has 0 radical (unpaired) electrons. The van der Waals surface area contributed by atoms with Crippen molar-refractivity contribution in [2.24, 2.45) is 0 Å². The highest BCUT2D eigenvalue weighted by Crippen LogP contribution is 2.37. The molecule has 5 nitrogen and oxygen atoms in total. The largest absolute Gasteiger partial charge is 0.468 e. The molecule has 7 heteroatoms. The second-order valence-corrected chi connectivity index (χ2v) is 7.57. The van der Waals surface area contributed by atoms with Gasteiger partial charge in [-0.3, -0.25) is 14.5 Å². The first-order valence-electron chi connectivity index (χ1n) is 8.96. The van der Waals surface area contributed by atoms with E-state index < -0.39 is 6.04 Å². The molecular weight excluding hydrogens is 355 g/mol. The van der Waals surface area contributed by atoms with Crippen molar-refractivity contribution in [3.8, 4) is 0 Å². The monoisotopic (exact) mass is 382 g/mol. The molecule has 0 spiro atoms. The summed E-state index contributed by atoms with van der Waals surface area (Å²) in [5, 5.41) is -0.107. The predicted molar refractivity (Wildman–Crippen MR) is 101 cm³/mol. The molecule has 1 amide bonds. The first-order chi connectivity index (χ1) is 12.5. The average molecular weight is 383 g/mol. The molecule has 2 rings (SSSR count). The van der Waals surface area contributed by atoms with Gasteiger partial charge in [0.15, 0.2) is 0 Å². The summed E-state index contributed by atoms with van der Waals surface area (Å²) in [6, 6.07) is 5.83. The van der Waals surface area contributed by atoms with E-state index in [-0.39, 0.29) is 29.6 Å². The lowest BCUT2D eigenvalue weighted by molar-refractivity contribution is -0.147. The Morgan fingerprint density at radius 1 is 1.38 bits per heavy atom. The highest BCUT2D eigenvalue weighted by atomic mass is 32.2. The number of esters is 1. The molecule has 0 aliphatic carbocycles. The van der Waals surface area contributed by atoms with Gasteiger partial charge >= 0.3 is 5.97 Å². The first-order valence-corrected chi connectivity index (χ1v) is 10.0. The van der Waals surface area contributed by atoms with Gasteiger partial charge in [-0.05, 0) is 37.6 Å². The lowest BCUT2D eigenvalue weighted by Crippen LogP contribution is -2.47. The van der Waals surface area contributed by atoms with E-state index >= 15 is 0 Å². The number of rotatable bonds is 8. The van der Waals surface area contributed by atoms with Gasteiger partial charge in [0, 0.05) is 12.3 Å². The lowest BCUT2D eigenvalue weighted by atomic mass is 10.2. The topological polar surface area (TPSA) is 49.9 Å². The van der Waals surface area contributed by atoms with E-state index in [9.17, 15) is 14.0 Å². The molecule has 0 aromatic heterocycles. The molecule has 0 bridgehead atoms. The van der Waals surface area contributed by atoms with Gasteiger partial charge in [-0.2, -0.15) is 0 Å². The molecule has 0 unspecified atom stereocenters. The van der Waals surface area contributed by atoms with Crippen LogP contribution in [-0.2, 0) is 14.3 Å². The molecule has 1 saturated heterocycles. The molecule has 1 heterocycles. The van der Waals surface area contributed by atoms with Gasteiger partial charge in [-0.15, -0.1) is 11.8 Å². The summed E-state index contributed by atoms with van der Waals surface area (Å²) in [6.45, 7) is 5.34. The van der Waals surface area contributed by atoms with Gasteiger partial charge in [0.1, 0.15) is 17.2 Å². The molecule has 1 aliphatic heterocycles. The van der Waals surface area contributed by atoms with Crippen LogP contribution in [0.15, 0.2) is 24.3 Å². The van der Waals surface area contributed by atoms with E-state index in [2.05, 4.69) is 6.92 Å². The number of benzene rings is 1. The molecule has 26 heavy (non-hydrogen) atoms. The normalized spacial score (nSPS) is 18.2. The summed E-state index contributed by atoms with van der Waals surface area (Å²) in [6.07, 6.45) is 1.89. The van der Waals surface area contributed by atoms with E-state index in [0.29, 0.717) is 13.1 Å². The molecule has 0 saturated carbocycles. The summed E-state index contributed by atoms with van der Waals surface area (Å²) >= 11 is 1.67. The van der Waals surface area contributed by atoms with Crippen molar-refractivity contribution in [1.29, 1.82) is 0 Å². The third-order valence-electron chi connectivity index (χ3n) is 4.59. The smallest absolute Gasteiger partial charge is 0.322 e. The van der Waals surface area contributed by atoms with Crippen LogP contribution < -0.4 is 0 Å². The van der Waals surface area contributed by atoms with Crippen molar-refractivity contribution in [3.05, 3.63) is 35.6 Å². The van der Waals surface area contributed by atoms with Crippen LogP contribution in [0.4, 0.5) is 4.39 Å². The summed E-state index contributed by atoms with van der Waals surface area (Å²) in [5.41, 5.74) is 0.920. The van der Waals surface area contributed by atoms with E-state index in [1.165, 1.54) is 19.2 Å². The fraction of sp³-hybridized carbons (Fsp3) is 0.579. The maximum absolute atomic E-state index is 13.2. The number of ether oxygens (including phenoxy) is 1. The Morgan fingerprint density at radius 3 is 2.69 bits per heavy atom. The highest BCUT2D eigenvalue weighted by molar-refractivity contribution is 7.99. The second kappa shape index (κ2) is 9.92. The van der Waals surface area contributed by atoms with Crippen molar-refractivity contribution in [2.45, 2.75) is 38.1 Å². The van der Waals surface area contributed by atoms with Crippen LogP contribution >= 0.6 is 11.8 Å². The molecule has 1 aromatic rings. The first kappa shape index (κ1) is 20.7. The van der Waals surface area contributed by atoms with Gasteiger partial charge < -0.3 is 9.64 Å². The van der Waals surface area contributed by atoms with E-state index in [4.69, 9.17) is 4.74 Å². The molecule has 1 aromatic carbocycles. The van der Waals surface area contributed by atoms with E-state index in [0.717, 1.165) is 24.2 Å². The van der Waals surface area contributed by atoms with Gasteiger partial charge in [0.2, 0.25) is 5.91 Å². The predicted octanol–water partition coefficient (Wildman–Crippen LogP) is 3.06. The SMILES string of the molecule is CCCCN(CC(=O)N1CCS[C@@H]1c1ccc(F)cc1)[C@@H](C)C(=O)OC. The summed E-state index contributed by atoms with van der Waals surface area (Å²) in [4.78, 5) is 28.5. The Hall–Kier alpha value is -1.60. The van der Waals surface area contributed by atoms with Crippen molar-refractivity contribution in [2.75, 3.05) is 32.5 Å². The number of methoxy groups -OCH3 is 1. The second-order valence-electron chi connectivity index (χ2n) is 6.38. The number of hydrogen-bond acceptors (Lipinski definition) is 5. The van der Waals surface area contributed by atoms with Crippen molar-refractivity contribution in [3.63, 3.8) is 0 Å². The van der Waals surface area contributed by atoms with Gasteiger partial charge in [-0.25, -0.2) is 4.39 Å². The van der Waals surface area contributed by atoms with Crippen molar-refractivity contribution < 1.29 is 18.7 Å². The van der Waals surface area contributed by atoms with Crippen LogP contribution in [0.1, 0.15) is 37.6 Å². The molecular formula is C19H27FN2O3S. The Morgan fingerprint density at radius 2 is 2.08 bits per heavy atom. The number of amides is 1. The van der Waals surface area contributed by atoms with Gasteiger partial charge in [0.05, 0.1) is 13.7 Å². The van der Waals surface area contributed by atoms with Crippen LogP contribution in [0, 0.1) is 5.82 Å². The summed E-state index contributed by atoms with van der Waals surface area (Å²) in [5.74, 6) is 0.207. The minimum Gasteiger partial charge on any atom is -0.468 e. The number of thioether (sulfide) groups is 1. The Balaban J connectivity index is 2.08. The highest BCUT2D eigenvalue weighted by Gasteiger charge is 2.33. The van der Waals surface area contributed by atoms with Crippen molar-refractivity contribution in [1.82, 2.24) is 9.80 Å². The Labute approximate surface area is 158 Å². The Kier molecular flexibility index (Phi) is 7.90. The average Bonchev–Trinajstić information content (AvgIpc) is 3.14. The quantitative estimate of drug-likeness (QED) is 0.647. The Bertz CT molecular complexity index is 611. The lowest BCUT2D eigenvalue weighted by Gasteiger charge is -2.30. The summed E-state index contributed by atoms with van der Waals surface area (Å²) in [7, 11) is 1.36. The standard InChI is InChI=1S/C19H27FN2O3S/c1-4-5-10-21(14(2)19(24)25-3)13-17(23)22-11-12-26-18(22)15-6-8-16(20)9-7-15/h6-9,14,18H,4-5,10-13H2,1-3H3/t14-,18+/m0/s1. The zero-order chi connectivity index (χ0) is 19.1. The number of halogens is 1. The minimum atomic E-state index is -0.463. The molecule has 0 N–H and O–H groups in total. The number of carbonyl (C=O) groups excluding carboxylic acids is 2. The van der Waals surface area contributed by atoms with Crippen LogP contribution in [0.25, 0.3) is 0 Å². The summed E-state index contributed by atoms with van der Waals surface area (Å²) < 4.78 is 18.0. The zero-order valence-corrected chi connectivity index (χ0v) is 16.4. The molecule has 1 aliphatic rings. The maximum Gasteiger partial charge on any atom is 0.322 e. The third kappa shape index (κ3) is 5.20. The van der Waals surface area contributed by atoms with Gasteiger partial charge in [-0.1, -0.05) is 25.5 Å². The van der Waals surface area contributed by atoms with Crippen LogP contribution in [0.5, 0.6) is 0 Å².